The Labute approximate surface area is 80.5 Å². The van der Waals surface area contributed by atoms with Crippen LogP contribution in [-0.4, -0.2) is 12.6 Å². The van der Waals surface area contributed by atoms with Crippen molar-refractivity contribution in [2.24, 2.45) is 0 Å². The fourth-order valence-corrected chi connectivity index (χ4v) is 1.05. The summed E-state index contributed by atoms with van der Waals surface area (Å²) in [4.78, 5) is 0. The molecule has 0 bridgehead atoms. The summed E-state index contributed by atoms with van der Waals surface area (Å²) in [5.41, 5.74) is 1.31. The molecular formula is C12H17N. The zero-order chi connectivity index (χ0) is 9.52. The van der Waals surface area contributed by atoms with Crippen molar-refractivity contribution in [3.05, 3.63) is 48.1 Å². The van der Waals surface area contributed by atoms with E-state index in [1.54, 1.807) is 0 Å². The summed E-state index contributed by atoms with van der Waals surface area (Å²) >= 11 is 0. The van der Waals surface area contributed by atoms with Crippen molar-refractivity contribution in [3.63, 3.8) is 0 Å². The minimum absolute atomic E-state index is 0.541. The number of hydrogen-bond acceptors (Lipinski definition) is 1. The van der Waals surface area contributed by atoms with Gasteiger partial charge in [-0.1, -0.05) is 56.4 Å². The second-order valence-corrected chi connectivity index (χ2v) is 3.41. The lowest BCUT2D eigenvalue weighted by molar-refractivity contribution is 0.625. The molecule has 0 heterocycles. The molecule has 1 heteroatoms. The first-order chi connectivity index (χ1) is 6.29. The average Bonchev–Trinajstić information content (AvgIpc) is 2.01. The van der Waals surface area contributed by atoms with Crippen LogP contribution in [0.25, 0.3) is 0 Å². The molecule has 0 aromatic heterocycles. The molecule has 0 saturated carbocycles. The van der Waals surface area contributed by atoms with Crippen molar-refractivity contribution < 1.29 is 0 Å². The lowest BCUT2D eigenvalue weighted by atomic mass is 10.2. The molecule has 1 aliphatic carbocycles. The monoisotopic (exact) mass is 175 g/mol. The lowest BCUT2D eigenvalue weighted by Gasteiger charge is -2.08. The van der Waals surface area contributed by atoms with Crippen LogP contribution < -0.4 is 5.32 Å². The van der Waals surface area contributed by atoms with E-state index >= 15 is 0 Å². The third-order valence-electron chi connectivity index (χ3n) is 1.78. The largest absolute Gasteiger partial charge is 0.310 e. The summed E-state index contributed by atoms with van der Waals surface area (Å²) in [5, 5.41) is 3.39. The van der Waals surface area contributed by atoms with Gasteiger partial charge in [-0.3, -0.25) is 0 Å². The van der Waals surface area contributed by atoms with Gasteiger partial charge in [0.2, 0.25) is 0 Å². The smallest absolute Gasteiger partial charge is 0.0207 e. The summed E-state index contributed by atoms with van der Waals surface area (Å²) < 4.78 is 0. The highest BCUT2D eigenvalue weighted by Crippen LogP contribution is 2.00. The second kappa shape index (κ2) is 5.55. The average molecular weight is 175 g/mol. The standard InChI is InChI=1S/C12H17N/c1-11(2)13-10-12-8-6-4-3-5-7-9-12/h3-9,11,13H,10H2,1-2H3/b4-3-,5-3?,6-4?,7-5-,8-6-,9-7?,12-8?,12-9+. The summed E-state index contributed by atoms with van der Waals surface area (Å²) in [6.07, 6.45) is 14.5. The van der Waals surface area contributed by atoms with Gasteiger partial charge in [-0.25, -0.2) is 0 Å². The molecular weight excluding hydrogens is 158 g/mol. The molecule has 0 aliphatic heterocycles. The van der Waals surface area contributed by atoms with E-state index in [-0.39, 0.29) is 0 Å². The minimum Gasteiger partial charge on any atom is -0.310 e. The van der Waals surface area contributed by atoms with Crippen LogP contribution in [-0.2, 0) is 0 Å². The van der Waals surface area contributed by atoms with E-state index in [0.717, 1.165) is 6.54 Å². The molecule has 0 aromatic carbocycles. The maximum absolute atomic E-state index is 3.39. The maximum atomic E-state index is 3.39. The summed E-state index contributed by atoms with van der Waals surface area (Å²) in [6.45, 7) is 5.25. The van der Waals surface area contributed by atoms with Crippen LogP contribution in [0.1, 0.15) is 13.8 Å². The number of allylic oxidation sites excluding steroid dienone is 6. The van der Waals surface area contributed by atoms with Gasteiger partial charge in [0.15, 0.2) is 0 Å². The van der Waals surface area contributed by atoms with Gasteiger partial charge in [-0.2, -0.15) is 0 Å². The Morgan fingerprint density at radius 1 is 1.08 bits per heavy atom. The number of nitrogens with one attached hydrogen (secondary N) is 1. The van der Waals surface area contributed by atoms with Gasteiger partial charge >= 0.3 is 0 Å². The molecule has 0 unspecified atom stereocenters. The lowest BCUT2D eigenvalue weighted by Crippen LogP contribution is -2.24. The minimum atomic E-state index is 0.541. The molecule has 0 amide bonds. The summed E-state index contributed by atoms with van der Waals surface area (Å²) in [7, 11) is 0. The molecule has 13 heavy (non-hydrogen) atoms. The highest BCUT2D eigenvalue weighted by atomic mass is 14.9. The molecule has 0 saturated heterocycles. The first kappa shape index (κ1) is 10.0. The molecule has 0 atom stereocenters. The predicted octanol–water partition coefficient (Wildman–Crippen LogP) is 2.59. The topological polar surface area (TPSA) is 12.0 Å². The van der Waals surface area contributed by atoms with Crippen LogP contribution in [0.3, 0.4) is 0 Å². The van der Waals surface area contributed by atoms with Gasteiger partial charge < -0.3 is 5.32 Å². The molecule has 1 N–H and O–H groups in total. The SMILES string of the molecule is CC(C)NCC1=C/C=C\C=C/C=C\1. The van der Waals surface area contributed by atoms with Gasteiger partial charge in [0.05, 0.1) is 0 Å². The Hall–Kier alpha value is -1.08. The van der Waals surface area contributed by atoms with Crippen LogP contribution >= 0.6 is 0 Å². The van der Waals surface area contributed by atoms with E-state index in [9.17, 15) is 0 Å². The number of rotatable bonds is 3. The quantitative estimate of drug-likeness (QED) is 0.695. The molecule has 1 nitrogen and oxygen atoms in total. The van der Waals surface area contributed by atoms with Gasteiger partial charge in [0.1, 0.15) is 0 Å². The Balaban J connectivity index is 2.48. The second-order valence-electron chi connectivity index (χ2n) is 3.41. The van der Waals surface area contributed by atoms with Gasteiger partial charge in [-0.15, -0.1) is 0 Å². The molecule has 0 fully saturated rings. The summed E-state index contributed by atoms with van der Waals surface area (Å²) in [6, 6.07) is 0.541. The van der Waals surface area contributed by atoms with Crippen molar-refractivity contribution in [1.82, 2.24) is 5.32 Å². The van der Waals surface area contributed by atoms with Crippen LogP contribution in [0, 0.1) is 0 Å². The fraction of sp³-hybridized carbons (Fsp3) is 0.333. The third kappa shape index (κ3) is 4.48. The normalized spacial score (nSPS) is 27.2. The first-order valence-corrected chi connectivity index (χ1v) is 4.73. The van der Waals surface area contributed by atoms with E-state index < -0.39 is 0 Å². The van der Waals surface area contributed by atoms with Crippen molar-refractivity contribution in [2.75, 3.05) is 6.54 Å². The summed E-state index contributed by atoms with van der Waals surface area (Å²) in [5.74, 6) is 0. The molecule has 0 radical (unpaired) electrons. The Morgan fingerprint density at radius 2 is 1.77 bits per heavy atom. The van der Waals surface area contributed by atoms with E-state index in [1.807, 2.05) is 18.2 Å². The predicted molar refractivity (Wildman–Crippen MR) is 58.6 cm³/mol. The Morgan fingerprint density at radius 3 is 2.54 bits per heavy atom. The molecule has 70 valence electrons. The third-order valence-corrected chi connectivity index (χ3v) is 1.78. The van der Waals surface area contributed by atoms with E-state index in [1.165, 1.54) is 5.57 Å². The van der Waals surface area contributed by atoms with Crippen molar-refractivity contribution in [2.45, 2.75) is 19.9 Å². The van der Waals surface area contributed by atoms with Crippen molar-refractivity contribution in [1.29, 1.82) is 0 Å². The van der Waals surface area contributed by atoms with Crippen LogP contribution in [0.4, 0.5) is 0 Å². The molecule has 0 aromatic rings. The van der Waals surface area contributed by atoms with Gasteiger partial charge in [0.25, 0.3) is 0 Å². The molecule has 1 rings (SSSR count). The van der Waals surface area contributed by atoms with Gasteiger partial charge in [-0.05, 0) is 5.57 Å². The Kier molecular flexibility index (Phi) is 4.27. The maximum Gasteiger partial charge on any atom is 0.0207 e. The van der Waals surface area contributed by atoms with E-state index in [4.69, 9.17) is 0 Å². The number of hydrogen-bond donors (Lipinski definition) is 1. The van der Waals surface area contributed by atoms with Crippen LogP contribution in [0.5, 0.6) is 0 Å². The van der Waals surface area contributed by atoms with Crippen molar-refractivity contribution >= 4 is 0 Å². The fourth-order valence-electron chi connectivity index (χ4n) is 1.05. The highest BCUT2D eigenvalue weighted by Gasteiger charge is 1.94. The van der Waals surface area contributed by atoms with Crippen LogP contribution in [0.15, 0.2) is 48.1 Å². The van der Waals surface area contributed by atoms with Crippen LogP contribution in [0.2, 0.25) is 0 Å². The van der Waals surface area contributed by atoms with Crippen molar-refractivity contribution in [3.8, 4) is 0 Å². The van der Waals surface area contributed by atoms with E-state index in [2.05, 4.69) is 43.5 Å². The molecule has 1 aliphatic rings. The first-order valence-electron chi connectivity index (χ1n) is 4.73. The zero-order valence-electron chi connectivity index (χ0n) is 8.33. The van der Waals surface area contributed by atoms with Gasteiger partial charge in [0, 0.05) is 12.6 Å². The Bertz CT molecular complexity index is 254. The zero-order valence-corrected chi connectivity index (χ0v) is 8.33. The van der Waals surface area contributed by atoms with E-state index in [0.29, 0.717) is 6.04 Å². The molecule has 0 spiro atoms. The highest BCUT2D eigenvalue weighted by molar-refractivity contribution is 5.31.